The van der Waals surface area contributed by atoms with E-state index < -0.39 is 29.9 Å². The highest BCUT2D eigenvalue weighted by Gasteiger charge is 2.37. The molecule has 1 aliphatic carbocycles. The van der Waals surface area contributed by atoms with Crippen LogP contribution in [0.1, 0.15) is 47.2 Å². The number of rotatable bonds is 6. The number of hydrogen-bond donors (Lipinski definition) is 3. The normalized spacial score (nSPS) is 21.1. The Balaban J connectivity index is 1.34. The molecule has 0 spiro atoms. The Morgan fingerprint density at radius 2 is 1.55 bits per heavy atom. The summed E-state index contributed by atoms with van der Waals surface area (Å²) in [5.41, 5.74) is 1.25. The van der Waals surface area contributed by atoms with Crippen LogP contribution in [0.5, 0.6) is 0 Å². The van der Waals surface area contributed by atoms with Crippen molar-refractivity contribution in [1.29, 1.82) is 0 Å². The van der Waals surface area contributed by atoms with Crippen molar-refractivity contribution >= 4 is 40.9 Å². The number of carbonyl (C=O) groups excluding carboxylic acids is 3. The van der Waals surface area contributed by atoms with Crippen LogP contribution in [0, 0.1) is 17.7 Å². The number of carbonyl (C=O) groups is 4. The lowest BCUT2D eigenvalue weighted by atomic mass is 9.84. The minimum absolute atomic E-state index is 0.0321. The molecule has 3 aromatic rings. The molecule has 3 fully saturated rings. The monoisotopic (exact) mass is 597 g/mol. The summed E-state index contributed by atoms with van der Waals surface area (Å²) in [5, 5.41) is 14.4. The lowest BCUT2D eigenvalue weighted by Crippen LogP contribution is -2.51. The second kappa shape index (κ2) is 12.3. The van der Waals surface area contributed by atoms with Crippen molar-refractivity contribution < 1.29 is 28.7 Å². The molecule has 2 bridgehead atoms. The molecular formula is C33H32FN5O5. The van der Waals surface area contributed by atoms with Crippen LogP contribution < -0.4 is 15.5 Å². The Morgan fingerprint density at radius 3 is 2.23 bits per heavy atom. The number of fused-ring (bicyclic) bond motifs is 5. The summed E-state index contributed by atoms with van der Waals surface area (Å²) in [6.45, 7) is 1.03. The van der Waals surface area contributed by atoms with E-state index in [-0.39, 0.29) is 35.0 Å². The van der Waals surface area contributed by atoms with E-state index in [2.05, 4.69) is 15.6 Å². The zero-order valence-corrected chi connectivity index (χ0v) is 23.9. The smallest absolute Gasteiger partial charge is 0.335 e. The molecule has 2 saturated heterocycles. The number of halogens is 1. The van der Waals surface area contributed by atoms with E-state index in [4.69, 9.17) is 0 Å². The molecule has 10 nitrogen and oxygen atoms in total. The number of hydrogen-bond acceptors (Lipinski definition) is 5. The number of carboxylic acid groups (broad SMARTS) is 1. The first-order chi connectivity index (χ1) is 21.3. The van der Waals surface area contributed by atoms with Crippen LogP contribution in [0.2, 0.25) is 0 Å². The van der Waals surface area contributed by atoms with Crippen LogP contribution in [0.25, 0.3) is 0 Å². The van der Waals surface area contributed by atoms with Gasteiger partial charge in [-0.3, -0.25) is 14.5 Å². The van der Waals surface area contributed by atoms with Crippen molar-refractivity contribution in [3.8, 4) is 0 Å². The number of nitrogens with zero attached hydrogens (tertiary/aromatic N) is 3. The quantitative estimate of drug-likeness (QED) is 0.385. The van der Waals surface area contributed by atoms with Gasteiger partial charge in [0.05, 0.1) is 17.0 Å². The maximum atomic E-state index is 15.2. The van der Waals surface area contributed by atoms with E-state index in [1.54, 1.807) is 36.4 Å². The largest absolute Gasteiger partial charge is 0.478 e. The third-order valence-electron chi connectivity index (χ3n) is 8.54. The van der Waals surface area contributed by atoms with E-state index in [9.17, 15) is 24.3 Å². The number of urea groups is 1. The van der Waals surface area contributed by atoms with Gasteiger partial charge in [0.25, 0.3) is 5.91 Å². The van der Waals surface area contributed by atoms with Crippen molar-refractivity contribution in [2.75, 3.05) is 29.9 Å². The van der Waals surface area contributed by atoms with Crippen LogP contribution >= 0.6 is 0 Å². The lowest BCUT2D eigenvalue weighted by Gasteiger charge is -2.29. The standard InChI is InChI=1S/C33H32FN5O5/c34-26-10-3-1-8-24(26)29-25-9-2-4-11-27(25)39(19-28(40)38-17-20-12-13-21(18-38)15-14-20)31(41)30(36-29)37-33(44)35-23-7-5-6-22(16-23)32(42)43/h1-11,16,20-21,30H,12-15,17-19H2,(H,42,43)(H2,35,37,44)/t20?,21?,30-/m1/s1. The summed E-state index contributed by atoms with van der Waals surface area (Å²) in [6.07, 6.45) is 2.85. The van der Waals surface area contributed by atoms with Gasteiger partial charge in [0, 0.05) is 29.9 Å². The van der Waals surface area contributed by atoms with E-state index in [1.165, 1.54) is 41.3 Å². The molecule has 44 heavy (non-hydrogen) atoms. The predicted molar refractivity (Wildman–Crippen MR) is 162 cm³/mol. The number of amides is 4. The highest BCUT2D eigenvalue weighted by atomic mass is 19.1. The molecule has 3 heterocycles. The second-order valence-electron chi connectivity index (χ2n) is 11.5. The Hall–Kier alpha value is -5.06. The fourth-order valence-corrected chi connectivity index (χ4v) is 6.31. The van der Waals surface area contributed by atoms with E-state index in [0.717, 1.165) is 25.7 Å². The molecule has 0 unspecified atom stereocenters. The highest BCUT2D eigenvalue weighted by Crippen LogP contribution is 2.34. The highest BCUT2D eigenvalue weighted by molar-refractivity contribution is 6.21. The number of benzodiazepines with no additional fused rings is 1. The van der Waals surface area contributed by atoms with Crippen LogP contribution in [-0.2, 0) is 9.59 Å². The van der Waals surface area contributed by atoms with Crippen LogP contribution in [0.4, 0.5) is 20.6 Å². The number of aliphatic imine (C=N–C) groups is 1. The third-order valence-corrected chi connectivity index (χ3v) is 8.54. The average Bonchev–Trinajstić information content (AvgIpc) is 3.40. The molecule has 226 valence electrons. The average molecular weight is 598 g/mol. The minimum atomic E-state index is -1.52. The van der Waals surface area contributed by atoms with Crippen molar-refractivity contribution in [2.45, 2.75) is 31.8 Å². The number of nitrogens with one attached hydrogen (secondary N) is 2. The molecule has 1 atom stereocenters. The van der Waals surface area contributed by atoms with Gasteiger partial charge in [0.15, 0.2) is 0 Å². The van der Waals surface area contributed by atoms with Gasteiger partial charge in [-0.1, -0.05) is 36.4 Å². The maximum absolute atomic E-state index is 15.2. The van der Waals surface area contributed by atoms with Gasteiger partial charge in [-0.25, -0.2) is 19.0 Å². The summed E-state index contributed by atoms with van der Waals surface area (Å²) in [4.78, 5) is 60.2. The van der Waals surface area contributed by atoms with E-state index in [1.807, 2.05) is 4.90 Å². The zero-order chi connectivity index (χ0) is 30.8. The Morgan fingerprint density at radius 1 is 0.886 bits per heavy atom. The molecule has 4 aliphatic rings. The molecule has 1 saturated carbocycles. The fraction of sp³-hybridized carbons (Fsp3) is 0.303. The number of anilines is 2. The summed E-state index contributed by atoms with van der Waals surface area (Å²) < 4.78 is 15.2. The molecule has 3 aliphatic heterocycles. The number of benzene rings is 3. The van der Waals surface area contributed by atoms with E-state index >= 15 is 4.39 Å². The molecule has 7 rings (SSSR count). The van der Waals surface area contributed by atoms with Gasteiger partial charge in [0.1, 0.15) is 12.4 Å². The van der Waals surface area contributed by atoms with Crippen molar-refractivity contribution in [3.63, 3.8) is 0 Å². The number of aromatic carboxylic acids is 1. The number of carboxylic acids is 1. The van der Waals surface area contributed by atoms with Gasteiger partial charge in [-0.15, -0.1) is 0 Å². The van der Waals surface area contributed by atoms with Gasteiger partial charge >= 0.3 is 12.0 Å². The maximum Gasteiger partial charge on any atom is 0.335 e. The molecule has 3 N–H and O–H groups in total. The van der Waals surface area contributed by atoms with Crippen molar-refractivity contribution in [1.82, 2.24) is 10.2 Å². The first-order valence-corrected chi connectivity index (χ1v) is 14.7. The molecule has 11 heteroatoms. The van der Waals surface area contributed by atoms with E-state index in [0.29, 0.717) is 36.2 Å². The summed E-state index contributed by atoms with van der Waals surface area (Å²) in [6, 6.07) is 17.7. The second-order valence-corrected chi connectivity index (χ2v) is 11.5. The SMILES string of the molecule is O=C(Nc1cccc(C(=O)O)c1)N[C@H]1N=C(c2ccccc2F)c2ccccc2N(CC(=O)N2CC3CCC(CC3)C2)C1=O. The summed E-state index contributed by atoms with van der Waals surface area (Å²) in [5.74, 6) is -1.70. The first-order valence-electron chi connectivity index (χ1n) is 14.7. The molecular weight excluding hydrogens is 565 g/mol. The van der Waals surface area contributed by atoms with Crippen molar-refractivity contribution in [2.24, 2.45) is 16.8 Å². The van der Waals surface area contributed by atoms with Gasteiger partial charge in [0.2, 0.25) is 12.1 Å². The predicted octanol–water partition coefficient (Wildman–Crippen LogP) is 4.50. The Labute approximate surface area is 253 Å². The summed E-state index contributed by atoms with van der Waals surface area (Å²) in [7, 11) is 0. The minimum Gasteiger partial charge on any atom is -0.478 e. The molecule has 0 aromatic heterocycles. The number of para-hydroxylation sites is 1. The van der Waals surface area contributed by atoms with Crippen LogP contribution in [-0.4, -0.2) is 65.3 Å². The van der Waals surface area contributed by atoms with Crippen LogP contribution in [0.15, 0.2) is 77.8 Å². The zero-order valence-electron chi connectivity index (χ0n) is 23.9. The molecule has 3 aromatic carbocycles. The first kappa shape index (κ1) is 29.0. The van der Waals surface area contributed by atoms with Gasteiger partial charge < -0.3 is 20.6 Å². The lowest BCUT2D eigenvalue weighted by molar-refractivity contribution is -0.132. The Kier molecular flexibility index (Phi) is 8.10. The molecule has 4 amide bonds. The van der Waals surface area contributed by atoms with Gasteiger partial charge in [-0.05, 0) is 73.9 Å². The fourth-order valence-electron chi connectivity index (χ4n) is 6.31. The Bertz CT molecular complexity index is 1640. The van der Waals surface area contributed by atoms with Crippen LogP contribution in [0.3, 0.4) is 0 Å². The third kappa shape index (κ3) is 6.03. The molecule has 0 radical (unpaired) electrons. The van der Waals surface area contributed by atoms with Gasteiger partial charge in [-0.2, -0.15) is 0 Å². The van der Waals surface area contributed by atoms with Crippen molar-refractivity contribution in [3.05, 3.63) is 95.3 Å². The topological polar surface area (TPSA) is 131 Å². The summed E-state index contributed by atoms with van der Waals surface area (Å²) >= 11 is 0.